The van der Waals surface area contributed by atoms with Crippen molar-refractivity contribution in [3.8, 4) is 23.5 Å². The molecule has 6 heterocycles. The molecule has 17 nitrogen and oxygen atoms in total. The van der Waals surface area contributed by atoms with Gasteiger partial charge in [0.25, 0.3) is 11.8 Å². The fourth-order valence-electron chi connectivity index (χ4n) is 9.71. The molecule has 1 aliphatic carbocycles. The van der Waals surface area contributed by atoms with Crippen LogP contribution in [0.1, 0.15) is 147 Å². The van der Waals surface area contributed by atoms with E-state index in [2.05, 4.69) is 79.9 Å². The summed E-state index contributed by atoms with van der Waals surface area (Å²) in [5, 5.41) is 23.3. The van der Waals surface area contributed by atoms with Crippen molar-refractivity contribution in [2.75, 3.05) is 42.1 Å². The Kier molecular flexibility index (Phi) is 22.4. The van der Waals surface area contributed by atoms with Crippen molar-refractivity contribution in [3.63, 3.8) is 0 Å². The summed E-state index contributed by atoms with van der Waals surface area (Å²) in [6, 6.07) is 21.0. The van der Waals surface area contributed by atoms with Crippen molar-refractivity contribution in [2.24, 2.45) is 11.8 Å². The number of carbonyl (C=O) groups is 5. The lowest BCUT2D eigenvalue weighted by atomic mass is 9.89. The number of thiazole rings is 1. The van der Waals surface area contributed by atoms with E-state index < -0.39 is 6.10 Å². The number of amides is 5. The molecule has 1 saturated carbocycles. The molecule has 2 aromatic carbocycles. The first kappa shape index (κ1) is 59.5. The average molecular weight is 1110 g/mol. The number of pyridine rings is 2. The van der Waals surface area contributed by atoms with E-state index in [1.165, 1.54) is 55.4 Å². The van der Waals surface area contributed by atoms with Gasteiger partial charge in [-0.2, -0.15) is 5.10 Å². The summed E-state index contributed by atoms with van der Waals surface area (Å²) in [4.78, 5) is 81.0. The Morgan fingerprint density at radius 1 is 0.911 bits per heavy atom. The molecule has 6 aromatic rings. The van der Waals surface area contributed by atoms with Crippen LogP contribution in [0.25, 0.3) is 21.5 Å². The van der Waals surface area contributed by atoms with Crippen LogP contribution in [0.3, 0.4) is 0 Å². The molecule has 5 N–H and O–H groups in total. The highest BCUT2D eigenvalue weighted by Gasteiger charge is 2.28. The van der Waals surface area contributed by atoms with Crippen molar-refractivity contribution in [3.05, 3.63) is 118 Å². The predicted molar refractivity (Wildman–Crippen MR) is 314 cm³/mol. The van der Waals surface area contributed by atoms with Crippen LogP contribution in [-0.2, 0) is 33.9 Å². The van der Waals surface area contributed by atoms with Gasteiger partial charge in [-0.25, -0.2) is 15.0 Å². The molecule has 9 rings (SSSR count). The molecule has 2 atom stereocenters. The number of hydrogen-bond acceptors (Lipinski definition) is 13. The van der Waals surface area contributed by atoms with E-state index in [-0.39, 0.29) is 36.2 Å². The number of anilines is 2. The second-order valence-corrected chi connectivity index (χ2v) is 22.8. The Balaban J connectivity index is 0.000000456. The van der Waals surface area contributed by atoms with E-state index in [4.69, 9.17) is 16.5 Å². The van der Waals surface area contributed by atoms with Crippen LogP contribution < -0.4 is 25.6 Å². The lowest BCUT2D eigenvalue weighted by Crippen LogP contribution is -2.39. The van der Waals surface area contributed by atoms with E-state index in [1.54, 1.807) is 11.1 Å². The SMILES string of the molecule is C#Cc1ccc([C@H](C)NC=O)cc1.CC(C)C.Cc1c(-c2ccc(N3CCc4cccc(C(=O)Nc5nc6cccnc6s5)c4C3)nc2C(=O)NSCCCCCC(=O)NCC(=O)N2CCC(O)C2)cnn1CC1CCCCC1. The number of nitrogens with one attached hydrogen (secondary N) is 4. The molecule has 4 aromatic heterocycles. The van der Waals surface area contributed by atoms with Gasteiger partial charge in [-0.1, -0.05) is 99.9 Å². The molecule has 1 unspecified atom stereocenters. The molecular weight excluding hydrogens is 1030 g/mol. The Morgan fingerprint density at radius 2 is 1.70 bits per heavy atom. The van der Waals surface area contributed by atoms with Gasteiger partial charge in [-0.05, 0) is 123 Å². The Labute approximate surface area is 472 Å². The molecule has 1 saturated heterocycles. The minimum atomic E-state index is -0.489. The number of fused-ring (bicyclic) bond motifs is 2. The molecule has 0 bridgehead atoms. The first-order chi connectivity index (χ1) is 38.2. The highest BCUT2D eigenvalue weighted by atomic mass is 32.2. The van der Waals surface area contributed by atoms with Gasteiger partial charge >= 0.3 is 0 Å². The lowest BCUT2D eigenvalue weighted by molar-refractivity contribution is -0.132. The minimum absolute atomic E-state index is 0.0318. The molecule has 0 radical (unpaired) electrons. The second kappa shape index (κ2) is 29.7. The summed E-state index contributed by atoms with van der Waals surface area (Å²) in [7, 11) is 0. The first-order valence-electron chi connectivity index (χ1n) is 27.5. The van der Waals surface area contributed by atoms with Crippen LogP contribution in [0.15, 0.2) is 79.1 Å². The van der Waals surface area contributed by atoms with E-state index in [0.717, 1.165) is 69.2 Å². The average Bonchev–Trinajstić information content (AvgIpc) is 4.21. The molecule has 2 aliphatic heterocycles. The fourth-order valence-corrected chi connectivity index (χ4v) is 11.2. The highest BCUT2D eigenvalue weighted by molar-refractivity contribution is 7.97. The third-order valence-electron chi connectivity index (χ3n) is 14.0. The van der Waals surface area contributed by atoms with Crippen LogP contribution in [-0.4, -0.2) is 103 Å². The summed E-state index contributed by atoms with van der Waals surface area (Å²) in [6.45, 7) is 13.2. The smallest absolute Gasteiger partial charge is 0.280 e. The maximum atomic E-state index is 14.1. The van der Waals surface area contributed by atoms with Gasteiger partial charge in [-0.3, -0.25) is 38.7 Å². The topological polar surface area (TPSA) is 217 Å². The van der Waals surface area contributed by atoms with Crippen LogP contribution in [0.2, 0.25) is 0 Å². The number of benzene rings is 2. The van der Waals surface area contributed by atoms with Gasteiger partial charge in [0.2, 0.25) is 18.2 Å². The third-order valence-corrected chi connectivity index (χ3v) is 15.8. The van der Waals surface area contributed by atoms with Crippen molar-refractivity contribution < 1.29 is 29.1 Å². The van der Waals surface area contributed by atoms with Gasteiger partial charge in [0.1, 0.15) is 21.9 Å². The van der Waals surface area contributed by atoms with Crippen molar-refractivity contribution in [2.45, 2.75) is 130 Å². The molecule has 19 heteroatoms. The fraction of sp³-hybridized carbons (Fsp3) is 0.450. The zero-order valence-corrected chi connectivity index (χ0v) is 47.8. The van der Waals surface area contributed by atoms with Crippen LogP contribution in [0.5, 0.6) is 0 Å². The number of hydrogen-bond donors (Lipinski definition) is 5. The number of β-amino-alcohol motifs (C(OH)–C–C–N with tert-alkyl or cyclic N) is 1. The number of nitrogens with zero attached hydrogens (tertiary/aromatic N) is 7. The molecule has 2 fully saturated rings. The normalized spacial score (nSPS) is 15.4. The number of unbranched alkanes of at least 4 members (excludes halogenated alkanes) is 2. The summed E-state index contributed by atoms with van der Waals surface area (Å²) < 4.78 is 5.11. The zero-order chi connectivity index (χ0) is 56.3. The summed E-state index contributed by atoms with van der Waals surface area (Å²) in [5.41, 5.74) is 8.12. The molecule has 79 heavy (non-hydrogen) atoms. The first-order valence-corrected chi connectivity index (χ1v) is 29.3. The van der Waals surface area contributed by atoms with Crippen molar-refractivity contribution >= 4 is 74.6 Å². The monoisotopic (exact) mass is 1110 g/mol. The van der Waals surface area contributed by atoms with Crippen LogP contribution in [0.4, 0.5) is 10.9 Å². The summed E-state index contributed by atoms with van der Waals surface area (Å²) in [5.74, 6) is 4.37. The number of rotatable bonds is 19. The number of terminal acetylenes is 1. The van der Waals surface area contributed by atoms with Gasteiger partial charge in [-0.15, -0.1) is 6.42 Å². The van der Waals surface area contributed by atoms with Crippen LogP contribution >= 0.6 is 23.3 Å². The Bertz CT molecular complexity index is 3020. The minimum Gasteiger partial charge on any atom is -0.391 e. The largest absolute Gasteiger partial charge is 0.391 e. The van der Waals surface area contributed by atoms with E-state index >= 15 is 0 Å². The van der Waals surface area contributed by atoms with Gasteiger partial charge in [0.05, 0.1) is 24.9 Å². The lowest BCUT2D eigenvalue weighted by Gasteiger charge is -2.31. The maximum Gasteiger partial charge on any atom is 0.280 e. The number of carbonyl (C=O) groups excluding carboxylic acids is 5. The van der Waals surface area contributed by atoms with Crippen LogP contribution in [0, 0.1) is 31.1 Å². The third kappa shape index (κ3) is 17.2. The van der Waals surface area contributed by atoms with E-state index in [1.807, 2.05) is 73.8 Å². The summed E-state index contributed by atoms with van der Waals surface area (Å²) in [6.07, 6.45) is 19.0. The maximum absolute atomic E-state index is 14.1. The number of aliphatic hydroxyl groups excluding tert-OH is 1. The van der Waals surface area contributed by atoms with Gasteiger partial charge in [0, 0.05) is 79.0 Å². The standard InChI is InChI=1S/C45H54N10O5S2.C11H11NO.C4H10/c1-29-35(24-48-55(29)26-30-10-4-2-5-11-30)33-16-17-38(50-41(33)43(60)52-61-23-7-3-6-15-39(57)47-25-40(58)54-22-19-32(56)27-54)53-21-18-31-12-8-13-34(36(31)28-53)42(59)51-45-49-37-14-9-20-46-44(37)62-45;1-3-10-4-6-11(7-5-10)9(2)12-8-13;1-4(2)3/h8-9,12-14,16-17,20,24,30,32,56H,2-7,10-11,15,18-19,21-23,25-28H2,1H3,(H,47,57)(H,52,60)(H,49,51,59);1,4-9H,2H3,(H,12,13);4H,1-3H3/t;9-;/m.0./s1. The summed E-state index contributed by atoms with van der Waals surface area (Å²) >= 11 is 2.66. The molecule has 0 spiro atoms. The quantitative estimate of drug-likeness (QED) is 0.0222. The number of likely N-dealkylation sites (tertiary alicyclic amines) is 1. The molecule has 418 valence electrons. The molecular formula is C60H75N11O6S2. The second-order valence-electron chi connectivity index (χ2n) is 21.0. The highest BCUT2D eigenvalue weighted by Crippen LogP contribution is 2.33. The van der Waals surface area contributed by atoms with E-state index in [9.17, 15) is 29.1 Å². The van der Waals surface area contributed by atoms with Gasteiger partial charge < -0.3 is 25.5 Å². The molecule has 5 amide bonds. The van der Waals surface area contributed by atoms with Crippen molar-refractivity contribution in [1.82, 2.24) is 45.0 Å². The molecule has 3 aliphatic rings. The van der Waals surface area contributed by atoms with Gasteiger partial charge in [0.15, 0.2) is 5.13 Å². The predicted octanol–water partition coefficient (Wildman–Crippen LogP) is 9.44. The number of aromatic nitrogens is 5. The van der Waals surface area contributed by atoms with E-state index in [0.29, 0.717) is 97.7 Å². The Hall–Kier alpha value is -7.14. The Morgan fingerprint density at radius 3 is 2.42 bits per heavy atom. The van der Waals surface area contributed by atoms with Crippen molar-refractivity contribution in [1.29, 1.82) is 0 Å². The number of aliphatic hydroxyl groups is 1. The zero-order valence-electron chi connectivity index (χ0n) is 46.1.